The molecule has 1 N–H and O–H groups in total. The number of nitrogens with one attached hydrogen (secondary N) is 1. The zero-order valence-electron chi connectivity index (χ0n) is 14.7. The number of amides is 2. The van der Waals surface area contributed by atoms with E-state index in [1.807, 2.05) is 4.90 Å². The molecule has 5 heteroatoms. The number of hydrogen-bond acceptors (Lipinski definition) is 3. The Morgan fingerprint density at radius 1 is 0.792 bits per heavy atom. The molecule has 4 rings (SSSR count). The van der Waals surface area contributed by atoms with Crippen LogP contribution < -0.4 is 5.32 Å². The topological polar surface area (TPSA) is 52.7 Å². The van der Waals surface area contributed by atoms with E-state index >= 15 is 0 Å². The van der Waals surface area contributed by atoms with Crippen LogP contribution in [0.25, 0.3) is 0 Å². The van der Waals surface area contributed by atoms with Crippen molar-refractivity contribution in [2.75, 3.05) is 32.7 Å². The van der Waals surface area contributed by atoms with Crippen LogP contribution in [-0.2, 0) is 9.59 Å². The zero-order chi connectivity index (χ0) is 16.5. The quantitative estimate of drug-likeness (QED) is 0.832. The van der Waals surface area contributed by atoms with Gasteiger partial charge in [0, 0.05) is 38.1 Å². The van der Waals surface area contributed by atoms with Crippen LogP contribution in [0.4, 0.5) is 0 Å². The predicted octanol–water partition coefficient (Wildman–Crippen LogP) is 1.63. The second-order valence-electron chi connectivity index (χ2n) is 8.35. The molecule has 4 aliphatic rings. The summed E-state index contributed by atoms with van der Waals surface area (Å²) in [6.07, 6.45) is 8.97. The molecule has 0 bridgehead atoms. The Bertz CT molecular complexity index is 479. The predicted molar refractivity (Wildman–Crippen MR) is 92.4 cm³/mol. The SMILES string of the molecule is O=C(C1CCCN(C(=O)C2CC2)C1)N1CCC(NCC2CC2)CC1. The first-order valence-corrected chi connectivity index (χ1v) is 10.0. The standard InChI is InChI=1S/C19H31N3O2/c23-18(15-5-6-15)22-9-1-2-16(13-22)19(24)21-10-7-17(8-11-21)20-12-14-3-4-14/h14-17,20H,1-13H2. The first-order chi connectivity index (χ1) is 11.7. The second-order valence-corrected chi connectivity index (χ2v) is 8.35. The van der Waals surface area contributed by atoms with Crippen LogP contribution in [0, 0.1) is 17.8 Å². The van der Waals surface area contributed by atoms with Crippen molar-refractivity contribution in [3.05, 3.63) is 0 Å². The highest BCUT2D eigenvalue weighted by atomic mass is 16.2. The number of piperidine rings is 2. The Morgan fingerprint density at radius 2 is 1.50 bits per heavy atom. The first kappa shape index (κ1) is 16.4. The first-order valence-electron chi connectivity index (χ1n) is 10.0. The summed E-state index contributed by atoms with van der Waals surface area (Å²) >= 11 is 0. The molecule has 2 amide bonds. The maximum absolute atomic E-state index is 12.9. The van der Waals surface area contributed by atoms with Gasteiger partial charge in [0.25, 0.3) is 0 Å². The number of carbonyl (C=O) groups is 2. The molecule has 2 aliphatic carbocycles. The van der Waals surface area contributed by atoms with Crippen molar-refractivity contribution in [1.29, 1.82) is 0 Å². The summed E-state index contributed by atoms with van der Waals surface area (Å²) in [4.78, 5) is 29.2. The van der Waals surface area contributed by atoms with Gasteiger partial charge in [-0.25, -0.2) is 0 Å². The van der Waals surface area contributed by atoms with Crippen molar-refractivity contribution in [2.45, 2.75) is 57.4 Å². The molecule has 0 aromatic rings. The minimum Gasteiger partial charge on any atom is -0.342 e. The van der Waals surface area contributed by atoms with Crippen LogP contribution in [0.2, 0.25) is 0 Å². The fourth-order valence-corrected chi connectivity index (χ4v) is 4.18. The summed E-state index contributed by atoms with van der Waals surface area (Å²) in [6.45, 7) is 4.45. The minimum absolute atomic E-state index is 0.0393. The van der Waals surface area contributed by atoms with Crippen LogP contribution >= 0.6 is 0 Å². The average molecular weight is 333 g/mol. The van der Waals surface area contributed by atoms with Crippen molar-refractivity contribution in [1.82, 2.24) is 15.1 Å². The molecule has 0 aromatic heterocycles. The second kappa shape index (κ2) is 7.03. The van der Waals surface area contributed by atoms with Gasteiger partial charge in [-0.2, -0.15) is 0 Å². The summed E-state index contributed by atoms with van der Waals surface area (Å²) in [5, 5.41) is 3.67. The van der Waals surface area contributed by atoms with E-state index in [0.717, 1.165) is 64.1 Å². The molecule has 2 aliphatic heterocycles. The molecule has 2 saturated heterocycles. The van der Waals surface area contributed by atoms with E-state index in [1.165, 1.54) is 19.4 Å². The normalized spacial score (nSPS) is 28.9. The summed E-state index contributed by atoms with van der Waals surface area (Å²) in [6, 6.07) is 0.592. The van der Waals surface area contributed by atoms with Gasteiger partial charge in [-0.1, -0.05) is 0 Å². The highest BCUT2D eigenvalue weighted by Gasteiger charge is 2.38. The van der Waals surface area contributed by atoms with Crippen molar-refractivity contribution < 1.29 is 9.59 Å². The Labute approximate surface area is 145 Å². The van der Waals surface area contributed by atoms with Crippen LogP contribution in [0.5, 0.6) is 0 Å². The highest BCUT2D eigenvalue weighted by Crippen LogP contribution is 2.33. The molecular formula is C19H31N3O2. The summed E-state index contributed by atoms with van der Waals surface area (Å²) in [7, 11) is 0. The molecule has 1 unspecified atom stereocenters. The monoisotopic (exact) mass is 333 g/mol. The van der Waals surface area contributed by atoms with Crippen LogP contribution in [0.1, 0.15) is 51.4 Å². The molecule has 134 valence electrons. The van der Waals surface area contributed by atoms with E-state index in [4.69, 9.17) is 0 Å². The number of likely N-dealkylation sites (tertiary alicyclic amines) is 2. The maximum atomic E-state index is 12.9. The molecule has 0 spiro atoms. The molecule has 24 heavy (non-hydrogen) atoms. The highest BCUT2D eigenvalue weighted by molar-refractivity contribution is 5.83. The van der Waals surface area contributed by atoms with Crippen molar-refractivity contribution in [3.63, 3.8) is 0 Å². The van der Waals surface area contributed by atoms with E-state index in [1.54, 1.807) is 0 Å². The van der Waals surface area contributed by atoms with E-state index in [0.29, 0.717) is 24.4 Å². The lowest BCUT2D eigenvalue weighted by molar-refractivity contribution is -0.142. The lowest BCUT2D eigenvalue weighted by atomic mass is 9.94. The fourth-order valence-electron chi connectivity index (χ4n) is 4.18. The average Bonchev–Trinajstić information content (AvgIpc) is 3.52. The Balaban J connectivity index is 1.23. The van der Waals surface area contributed by atoms with Gasteiger partial charge >= 0.3 is 0 Å². The number of nitrogens with zero attached hydrogens (tertiary/aromatic N) is 2. The third-order valence-corrected chi connectivity index (χ3v) is 6.21. The Kier molecular flexibility index (Phi) is 4.79. The van der Waals surface area contributed by atoms with Gasteiger partial charge in [-0.3, -0.25) is 9.59 Å². The largest absolute Gasteiger partial charge is 0.342 e. The zero-order valence-corrected chi connectivity index (χ0v) is 14.7. The number of carbonyl (C=O) groups excluding carboxylic acids is 2. The molecule has 0 aromatic carbocycles. The van der Waals surface area contributed by atoms with Crippen LogP contribution in [0.3, 0.4) is 0 Å². The van der Waals surface area contributed by atoms with Crippen molar-refractivity contribution >= 4 is 11.8 Å². The minimum atomic E-state index is 0.0393. The third-order valence-electron chi connectivity index (χ3n) is 6.21. The third kappa shape index (κ3) is 3.93. The molecule has 1 atom stereocenters. The lowest BCUT2D eigenvalue weighted by Gasteiger charge is -2.38. The summed E-state index contributed by atoms with van der Waals surface area (Å²) in [5.74, 6) is 1.82. The summed E-state index contributed by atoms with van der Waals surface area (Å²) < 4.78 is 0. The Morgan fingerprint density at radius 3 is 2.17 bits per heavy atom. The molecule has 2 heterocycles. The molecule has 5 nitrogen and oxygen atoms in total. The van der Waals surface area contributed by atoms with E-state index in [-0.39, 0.29) is 11.8 Å². The number of rotatable bonds is 5. The fraction of sp³-hybridized carbons (Fsp3) is 0.895. The van der Waals surface area contributed by atoms with E-state index < -0.39 is 0 Å². The molecule has 4 fully saturated rings. The number of hydrogen-bond donors (Lipinski definition) is 1. The maximum Gasteiger partial charge on any atom is 0.227 e. The van der Waals surface area contributed by atoms with Gasteiger partial charge < -0.3 is 15.1 Å². The van der Waals surface area contributed by atoms with Crippen LogP contribution in [0.15, 0.2) is 0 Å². The van der Waals surface area contributed by atoms with Gasteiger partial charge in [0.15, 0.2) is 0 Å². The van der Waals surface area contributed by atoms with Gasteiger partial charge in [-0.15, -0.1) is 0 Å². The smallest absolute Gasteiger partial charge is 0.227 e. The van der Waals surface area contributed by atoms with E-state index in [9.17, 15) is 9.59 Å². The molecule has 2 saturated carbocycles. The van der Waals surface area contributed by atoms with Crippen LogP contribution in [-0.4, -0.2) is 60.4 Å². The van der Waals surface area contributed by atoms with Gasteiger partial charge in [0.1, 0.15) is 0 Å². The molecular weight excluding hydrogens is 302 g/mol. The molecule has 0 radical (unpaired) electrons. The van der Waals surface area contributed by atoms with Gasteiger partial charge in [0.2, 0.25) is 11.8 Å². The Hall–Kier alpha value is -1.10. The van der Waals surface area contributed by atoms with Gasteiger partial charge in [0.05, 0.1) is 5.92 Å². The summed E-state index contributed by atoms with van der Waals surface area (Å²) in [5.41, 5.74) is 0. The van der Waals surface area contributed by atoms with E-state index in [2.05, 4.69) is 10.2 Å². The van der Waals surface area contributed by atoms with Crippen molar-refractivity contribution in [2.24, 2.45) is 17.8 Å². The van der Waals surface area contributed by atoms with Gasteiger partial charge in [-0.05, 0) is 63.8 Å². The lowest BCUT2D eigenvalue weighted by Crippen LogP contribution is -2.51. The van der Waals surface area contributed by atoms with Crippen molar-refractivity contribution in [3.8, 4) is 0 Å².